The quantitative estimate of drug-likeness (QED) is 0.832. The van der Waals surface area contributed by atoms with Crippen molar-refractivity contribution in [2.24, 2.45) is 5.92 Å². The maximum atomic E-state index is 5.79. The molecule has 0 unspecified atom stereocenters. The zero-order valence-corrected chi connectivity index (χ0v) is 10.8. The number of nitrogens with two attached hydrogens (primary N) is 2. The van der Waals surface area contributed by atoms with E-state index in [0.717, 1.165) is 18.4 Å². The van der Waals surface area contributed by atoms with Crippen molar-refractivity contribution in [2.75, 3.05) is 24.7 Å². The van der Waals surface area contributed by atoms with Crippen molar-refractivity contribution >= 4 is 11.8 Å². The summed E-state index contributed by atoms with van der Waals surface area (Å²) in [6.45, 7) is 5.27. The minimum Gasteiger partial charge on any atom is -0.383 e. The number of rotatable bonds is 3. The zero-order chi connectivity index (χ0) is 13.2. The van der Waals surface area contributed by atoms with Crippen LogP contribution in [-0.2, 0) is 15.9 Å². The molecule has 0 amide bonds. The molecule has 4 N–H and O–H groups in total. The molecule has 0 spiro atoms. The van der Waals surface area contributed by atoms with E-state index < -0.39 is 5.79 Å². The predicted octanol–water partition coefficient (Wildman–Crippen LogP) is 0.973. The van der Waals surface area contributed by atoms with Crippen LogP contribution >= 0.6 is 0 Å². The van der Waals surface area contributed by atoms with Crippen molar-refractivity contribution in [1.82, 2.24) is 9.97 Å². The molecule has 6 nitrogen and oxygen atoms in total. The molecule has 1 saturated heterocycles. The second-order valence-electron chi connectivity index (χ2n) is 5.07. The summed E-state index contributed by atoms with van der Waals surface area (Å²) in [5.74, 6) is 0.595. The van der Waals surface area contributed by atoms with Crippen molar-refractivity contribution in [3.8, 4) is 0 Å². The third kappa shape index (κ3) is 3.30. The molecule has 1 fully saturated rings. The molecular weight excluding hydrogens is 232 g/mol. The first-order valence-corrected chi connectivity index (χ1v) is 6.11. The second-order valence-corrected chi connectivity index (χ2v) is 5.07. The normalized spacial score (nSPS) is 19.9. The maximum Gasteiger partial charge on any atom is 0.221 e. The molecule has 0 radical (unpaired) electrons. The van der Waals surface area contributed by atoms with E-state index in [-0.39, 0.29) is 5.95 Å². The molecule has 0 saturated carbocycles. The highest BCUT2D eigenvalue weighted by molar-refractivity contribution is 5.41. The van der Waals surface area contributed by atoms with Crippen LogP contribution in [0.5, 0.6) is 0 Å². The first-order chi connectivity index (χ1) is 8.46. The van der Waals surface area contributed by atoms with Gasteiger partial charge in [-0.15, -0.1) is 0 Å². The number of anilines is 2. The summed E-state index contributed by atoms with van der Waals surface area (Å²) in [6.07, 6.45) is 3.43. The lowest BCUT2D eigenvalue weighted by molar-refractivity contribution is -0.262. The molecule has 18 heavy (non-hydrogen) atoms. The van der Waals surface area contributed by atoms with Crippen molar-refractivity contribution in [3.63, 3.8) is 0 Å². The molecular formula is C12H20N4O2. The zero-order valence-electron chi connectivity index (χ0n) is 10.8. The molecule has 1 aromatic rings. The molecule has 0 bridgehead atoms. The molecule has 0 atom stereocenters. The summed E-state index contributed by atoms with van der Waals surface area (Å²) in [6, 6.07) is 0. The fraction of sp³-hybridized carbons (Fsp3) is 0.667. The Morgan fingerprint density at radius 2 is 2.00 bits per heavy atom. The van der Waals surface area contributed by atoms with Crippen LogP contribution in [-0.4, -0.2) is 29.0 Å². The minimum atomic E-state index is -0.458. The number of nitrogens with zero attached hydrogens (tertiary/aromatic N) is 2. The average molecular weight is 252 g/mol. The van der Waals surface area contributed by atoms with Gasteiger partial charge >= 0.3 is 0 Å². The van der Waals surface area contributed by atoms with E-state index in [1.807, 2.05) is 13.8 Å². The fourth-order valence-corrected chi connectivity index (χ4v) is 1.88. The Hall–Kier alpha value is -1.40. The standard InChI is InChI=1S/C12H20N4O2/c1-12(2)17-6-8(7-18-12)3-4-9-5-15-11(14)16-10(9)13/h5,8H,3-4,6-7H2,1-2H3,(H4,13,14,15,16). The van der Waals surface area contributed by atoms with E-state index in [9.17, 15) is 0 Å². The van der Waals surface area contributed by atoms with Crippen molar-refractivity contribution in [2.45, 2.75) is 32.5 Å². The van der Waals surface area contributed by atoms with Gasteiger partial charge in [0.15, 0.2) is 5.79 Å². The van der Waals surface area contributed by atoms with Gasteiger partial charge < -0.3 is 20.9 Å². The molecule has 2 rings (SSSR count). The van der Waals surface area contributed by atoms with Crippen LogP contribution < -0.4 is 11.5 Å². The van der Waals surface area contributed by atoms with Gasteiger partial charge in [0.05, 0.1) is 13.2 Å². The number of aryl methyl sites for hydroxylation is 1. The Morgan fingerprint density at radius 1 is 1.33 bits per heavy atom. The van der Waals surface area contributed by atoms with Crippen LogP contribution in [0.3, 0.4) is 0 Å². The largest absolute Gasteiger partial charge is 0.383 e. The molecule has 1 aliphatic heterocycles. The molecule has 2 heterocycles. The minimum absolute atomic E-state index is 0.210. The van der Waals surface area contributed by atoms with E-state index in [1.54, 1.807) is 6.20 Å². The van der Waals surface area contributed by atoms with Gasteiger partial charge in [0.1, 0.15) is 5.82 Å². The van der Waals surface area contributed by atoms with Crippen LogP contribution in [0.4, 0.5) is 11.8 Å². The van der Waals surface area contributed by atoms with E-state index >= 15 is 0 Å². The Balaban J connectivity index is 1.85. The third-order valence-corrected chi connectivity index (χ3v) is 3.07. The van der Waals surface area contributed by atoms with Crippen LogP contribution in [0.2, 0.25) is 0 Å². The van der Waals surface area contributed by atoms with Crippen LogP contribution in [0.1, 0.15) is 25.8 Å². The van der Waals surface area contributed by atoms with E-state index in [0.29, 0.717) is 24.9 Å². The molecule has 1 aromatic heterocycles. The van der Waals surface area contributed by atoms with Gasteiger partial charge in [-0.2, -0.15) is 4.98 Å². The lowest BCUT2D eigenvalue weighted by atomic mass is 10.0. The maximum absolute atomic E-state index is 5.79. The van der Waals surface area contributed by atoms with Crippen molar-refractivity contribution in [3.05, 3.63) is 11.8 Å². The molecule has 6 heteroatoms. The lowest BCUT2D eigenvalue weighted by Crippen LogP contribution is -2.39. The van der Waals surface area contributed by atoms with Crippen LogP contribution in [0.15, 0.2) is 6.20 Å². The van der Waals surface area contributed by atoms with E-state index in [4.69, 9.17) is 20.9 Å². The lowest BCUT2D eigenvalue weighted by Gasteiger charge is -2.35. The monoisotopic (exact) mass is 252 g/mol. The number of hydrogen-bond donors (Lipinski definition) is 2. The van der Waals surface area contributed by atoms with Gasteiger partial charge in [0.2, 0.25) is 5.95 Å². The number of ether oxygens (including phenoxy) is 2. The summed E-state index contributed by atoms with van der Waals surface area (Å²) in [5.41, 5.74) is 12.2. The van der Waals surface area contributed by atoms with Gasteiger partial charge in [-0.25, -0.2) is 4.98 Å². The smallest absolute Gasteiger partial charge is 0.221 e. The SMILES string of the molecule is CC1(C)OCC(CCc2cnc(N)nc2N)CO1. The van der Waals surface area contributed by atoms with E-state index in [2.05, 4.69) is 9.97 Å². The van der Waals surface area contributed by atoms with Crippen molar-refractivity contribution < 1.29 is 9.47 Å². The molecule has 1 aliphatic rings. The number of aromatic nitrogens is 2. The first kappa shape index (κ1) is 13.0. The number of nitrogen functional groups attached to an aromatic ring is 2. The van der Waals surface area contributed by atoms with Crippen LogP contribution in [0.25, 0.3) is 0 Å². The van der Waals surface area contributed by atoms with Gasteiger partial charge in [-0.1, -0.05) is 0 Å². The summed E-state index contributed by atoms with van der Waals surface area (Å²) in [5, 5.41) is 0. The Bertz CT molecular complexity index is 413. The topological polar surface area (TPSA) is 96.3 Å². The highest BCUT2D eigenvalue weighted by Crippen LogP contribution is 2.24. The highest BCUT2D eigenvalue weighted by atomic mass is 16.7. The van der Waals surface area contributed by atoms with E-state index in [1.165, 1.54) is 0 Å². The predicted molar refractivity (Wildman–Crippen MR) is 68.7 cm³/mol. The fourth-order valence-electron chi connectivity index (χ4n) is 1.88. The summed E-state index contributed by atoms with van der Waals surface area (Å²) < 4.78 is 11.2. The third-order valence-electron chi connectivity index (χ3n) is 3.07. The Morgan fingerprint density at radius 3 is 2.61 bits per heavy atom. The van der Waals surface area contributed by atoms with Gasteiger partial charge in [0.25, 0.3) is 0 Å². The van der Waals surface area contributed by atoms with Gasteiger partial charge in [0, 0.05) is 17.7 Å². The summed E-state index contributed by atoms with van der Waals surface area (Å²) >= 11 is 0. The second kappa shape index (κ2) is 5.07. The van der Waals surface area contributed by atoms with Crippen LogP contribution in [0, 0.1) is 5.92 Å². The van der Waals surface area contributed by atoms with Gasteiger partial charge in [-0.05, 0) is 26.7 Å². The Labute approximate surface area is 107 Å². The molecule has 100 valence electrons. The highest BCUT2D eigenvalue weighted by Gasteiger charge is 2.28. The van der Waals surface area contributed by atoms with Crippen molar-refractivity contribution in [1.29, 1.82) is 0 Å². The first-order valence-electron chi connectivity index (χ1n) is 6.11. The molecule has 0 aromatic carbocycles. The Kier molecular flexibility index (Phi) is 3.68. The average Bonchev–Trinajstić information content (AvgIpc) is 2.29. The number of hydrogen-bond acceptors (Lipinski definition) is 6. The van der Waals surface area contributed by atoms with Gasteiger partial charge in [-0.3, -0.25) is 0 Å². The summed E-state index contributed by atoms with van der Waals surface area (Å²) in [4.78, 5) is 7.89. The molecule has 0 aliphatic carbocycles. The summed E-state index contributed by atoms with van der Waals surface area (Å²) in [7, 11) is 0.